The number of hydrogen-bond acceptors (Lipinski definition) is 4. The molecule has 0 spiro atoms. The Labute approximate surface area is 151 Å². The molecule has 1 aromatic heterocycles. The van der Waals surface area contributed by atoms with Crippen molar-refractivity contribution in [1.82, 2.24) is 10.3 Å². The lowest BCUT2D eigenvalue weighted by molar-refractivity contribution is -0.127. The molecule has 0 aliphatic heterocycles. The first kappa shape index (κ1) is 17.2. The van der Waals surface area contributed by atoms with Crippen molar-refractivity contribution in [2.45, 2.75) is 26.5 Å². The molecule has 0 radical (unpaired) electrons. The Morgan fingerprint density at radius 3 is 2.76 bits per heavy atom. The first-order chi connectivity index (χ1) is 12.1. The minimum Gasteiger partial charge on any atom is -0.481 e. The van der Waals surface area contributed by atoms with Crippen molar-refractivity contribution in [2.75, 3.05) is 0 Å². The SMILES string of the molecule is Cc1cccc(OC(C)C(=O)NCc2nc(-c3ccccc3)cs2)c1. The number of amides is 1. The van der Waals surface area contributed by atoms with Gasteiger partial charge in [0.25, 0.3) is 5.91 Å². The van der Waals surface area contributed by atoms with Crippen molar-refractivity contribution in [3.8, 4) is 17.0 Å². The quantitative estimate of drug-likeness (QED) is 0.723. The van der Waals surface area contributed by atoms with Gasteiger partial charge in [-0.2, -0.15) is 0 Å². The summed E-state index contributed by atoms with van der Waals surface area (Å²) in [6.45, 7) is 4.14. The molecule has 2 aromatic carbocycles. The molecule has 4 nitrogen and oxygen atoms in total. The zero-order valence-corrected chi connectivity index (χ0v) is 15.0. The van der Waals surface area contributed by atoms with Gasteiger partial charge in [-0.05, 0) is 31.5 Å². The molecule has 0 aliphatic rings. The predicted molar refractivity (Wildman–Crippen MR) is 101 cm³/mol. The van der Waals surface area contributed by atoms with Gasteiger partial charge in [-0.3, -0.25) is 4.79 Å². The Morgan fingerprint density at radius 2 is 2.00 bits per heavy atom. The number of nitrogens with zero attached hydrogens (tertiary/aromatic N) is 1. The van der Waals surface area contributed by atoms with E-state index in [9.17, 15) is 4.79 Å². The van der Waals surface area contributed by atoms with E-state index in [2.05, 4.69) is 10.3 Å². The second kappa shape index (κ2) is 7.94. The largest absolute Gasteiger partial charge is 0.481 e. The third kappa shape index (κ3) is 4.67. The van der Waals surface area contributed by atoms with Crippen LogP contribution in [0.25, 0.3) is 11.3 Å². The molecular weight excluding hydrogens is 332 g/mol. The van der Waals surface area contributed by atoms with Crippen molar-refractivity contribution >= 4 is 17.2 Å². The summed E-state index contributed by atoms with van der Waals surface area (Å²) in [5.41, 5.74) is 3.10. The number of rotatable bonds is 6. The summed E-state index contributed by atoms with van der Waals surface area (Å²) in [6.07, 6.45) is -0.560. The van der Waals surface area contributed by atoms with E-state index in [1.807, 2.05) is 66.9 Å². The minimum absolute atomic E-state index is 0.155. The fourth-order valence-electron chi connectivity index (χ4n) is 2.39. The van der Waals surface area contributed by atoms with E-state index < -0.39 is 6.10 Å². The van der Waals surface area contributed by atoms with E-state index in [0.717, 1.165) is 21.8 Å². The van der Waals surface area contributed by atoms with Crippen LogP contribution in [-0.4, -0.2) is 17.0 Å². The second-order valence-electron chi connectivity index (χ2n) is 5.79. The van der Waals surface area contributed by atoms with Crippen molar-refractivity contribution < 1.29 is 9.53 Å². The molecular formula is C20H20N2O2S. The highest BCUT2D eigenvalue weighted by molar-refractivity contribution is 7.09. The molecule has 3 aromatic rings. The Bertz CT molecular complexity index is 846. The van der Waals surface area contributed by atoms with Gasteiger partial charge in [-0.25, -0.2) is 4.98 Å². The van der Waals surface area contributed by atoms with Gasteiger partial charge in [0, 0.05) is 10.9 Å². The summed E-state index contributed by atoms with van der Waals surface area (Å²) in [5, 5.41) is 5.76. The van der Waals surface area contributed by atoms with Gasteiger partial charge in [0.15, 0.2) is 6.10 Å². The van der Waals surface area contributed by atoms with Crippen LogP contribution in [0.1, 0.15) is 17.5 Å². The maximum Gasteiger partial charge on any atom is 0.261 e. The summed E-state index contributed by atoms with van der Waals surface area (Å²) in [4.78, 5) is 16.8. The Balaban J connectivity index is 1.54. The van der Waals surface area contributed by atoms with Crippen LogP contribution in [0.5, 0.6) is 5.75 Å². The predicted octanol–water partition coefficient (Wildman–Crippen LogP) is 4.20. The van der Waals surface area contributed by atoms with Crippen LogP contribution >= 0.6 is 11.3 Å². The maximum absolute atomic E-state index is 12.2. The van der Waals surface area contributed by atoms with E-state index in [1.54, 1.807) is 6.92 Å². The van der Waals surface area contributed by atoms with E-state index in [-0.39, 0.29) is 5.91 Å². The van der Waals surface area contributed by atoms with Crippen LogP contribution in [0.3, 0.4) is 0 Å². The Morgan fingerprint density at radius 1 is 1.20 bits per heavy atom. The van der Waals surface area contributed by atoms with Crippen LogP contribution in [0.15, 0.2) is 60.0 Å². The average molecular weight is 352 g/mol. The number of carbonyl (C=O) groups is 1. The lowest BCUT2D eigenvalue weighted by Gasteiger charge is -2.14. The van der Waals surface area contributed by atoms with Crippen molar-refractivity contribution in [2.24, 2.45) is 0 Å². The van der Waals surface area contributed by atoms with E-state index in [1.165, 1.54) is 11.3 Å². The van der Waals surface area contributed by atoms with Gasteiger partial charge in [0.1, 0.15) is 10.8 Å². The number of aryl methyl sites for hydroxylation is 1. The highest BCUT2D eigenvalue weighted by atomic mass is 32.1. The van der Waals surface area contributed by atoms with Gasteiger partial charge >= 0.3 is 0 Å². The molecule has 1 amide bonds. The summed E-state index contributed by atoms with van der Waals surface area (Å²) >= 11 is 1.54. The molecule has 25 heavy (non-hydrogen) atoms. The molecule has 1 N–H and O–H groups in total. The average Bonchev–Trinajstić information content (AvgIpc) is 3.09. The molecule has 5 heteroatoms. The molecule has 1 atom stereocenters. The number of nitrogens with one attached hydrogen (secondary N) is 1. The molecule has 128 valence electrons. The lowest BCUT2D eigenvalue weighted by Crippen LogP contribution is -2.35. The minimum atomic E-state index is -0.560. The van der Waals surface area contributed by atoms with Crippen molar-refractivity contribution in [3.05, 3.63) is 70.5 Å². The van der Waals surface area contributed by atoms with Crippen LogP contribution < -0.4 is 10.1 Å². The second-order valence-corrected chi connectivity index (χ2v) is 6.73. The number of carbonyl (C=O) groups excluding carboxylic acids is 1. The summed E-state index contributed by atoms with van der Waals surface area (Å²) < 4.78 is 5.69. The van der Waals surface area contributed by atoms with Crippen molar-refractivity contribution in [1.29, 1.82) is 0 Å². The molecule has 3 rings (SSSR count). The van der Waals surface area contributed by atoms with Gasteiger partial charge in [0.05, 0.1) is 12.2 Å². The normalized spacial score (nSPS) is 11.8. The van der Waals surface area contributed by atoms with Crippen LogP contribution in [0, 0.1) is 6.92 Å². The highest BCUT2D eigenvalue weighted by Gasteiger charge is 2.15. The lowest BCUT2D eigenvalue weighted by atomic mass is 10.2. The van der Waals surface area contributed by atoms with E-state index in [0.29, 0.717) is 12.3 Å². The number of aromatic nitrogens is 1. The summed E-state index contributed by atoms with van der Waals surface area (Å²) in [6, 6.07) is 17.7. The monoisotopic (exact) mass is 352 g/mol. The molecule has 0 saturated carbocycles. The van der Waals surface area contributed by atoms with Crippen LogP contribution in [0.4, 0.5) is 0 Å². The molecule has 1 unspecified atom stereocenters. The molecule has 0 aliphatic carbocycles. The summed E-state index contributed by atoms with van der Waals surface area (Å²) in [5.74, 6) is 0.543. The first-order valence-electron chi connectivity index (χ1n) is 8.12. The van der Waals surface area contributed by atoms with Gasteiger partial charge in [-0.1, -0.05) is 42.5 Å². The third-order valence-corrected chi connectivity index (χ3v) is 4.56. The topological polar surface area (TPSA) is 51.2 Å². The molecule has 1 heterocycles. The Kier molecular flexibility index (Phi) is 5.46. The zero-order chi connectivity index (χ0) is 17.6. The zero-order valence-electron chi connectivity index (χ0n) is 14.2. The number of benzene rings is 2. The van der Waals surface area contributed by atoms with E-state index >= 15 is 0 Å². The van der Waals surface area contributed by atoms with Crippen LogP contribution in [0.2, 0.25) is 0 Å². The standard InChI is InChI=1S/C20H20N2O2S/c1-14-7-6-10-17(11-14)24-15(2)20(23)21-12-19-22-18(13-25-19)16-8-4-3-5-9-16/h3-11,13,15H,12H2,1-2H3,(H,21,23). The third-order valence-electron chi connectivity index (χ3n) is 3.71. The van der Waals surface area contributed by atoms with Crippen molar-refractivity contribution in [3.63, 3.8) is 0 Å². The fourth-order valence-corrected chi connectivity index (χ4v) is 3.13. The Hall–Kier alpha value is -2.66. The molecule has 0 saturated heterocycles. The molecule has 0 fully saturated rings. The number of hydrogen-bond donors (Lipinski definition) is 1. The van der Waals surface area contributed by atoms with Crippen LogP contribution in [-0.2, 0) is 11.3 Å². The smallest absolute Gasteiger partial charge is 0.261 e. The molecule has 0 bridgehead atoms. The first-order valence-corrected chi connectivity index (χ1v) is 9.00. The van der Waals surface area contributed by atoms with Gasteiger partial charge in [-0.15, -0.1) is 11.3 Å². The summed E-state index contributed by atoms with van der Waals surface area (Å²) in [7, 11) is 0. The van der Waals surface area contributed by atoms with E-state index in [4.69, 9.17) is 4.74 Å². The number of thiazole rings is 1. The number of ether oxygens (including phenoxy) is 1. The van der Waals surface area contributed by atoms with Gasteiger partial charge in [0.2, 0.25) is 0 Å². The maximum atomic E-state index is 12.2. The fraction of sp³-hybridized carbons (Fsp3) is 0.200. The highest BCUT2D eigenvalue weighted by Crippen LogP contribution is 2.21. The van der Waals surface area contributed by atoms with Gasteiger partial charge < -0.3 is 10.1 Å².